The van der Waals surface area contributed by atoms with Crippen LogP contribution in [0.25, 0.3) is 0 Å². The molecule has 130 valence electrons. The summed E-state index contributed by atoms with van der Waals surface area (Å²) in [5, 5.41) is 0. The molecule has 0 unspecified atom stereocenters. The van der Waals surface area contributed by atoms with Crippen LogP contribution in [0.4, 0.5) is 0 Å². The fourth-order valence-corrected chi connectivity index (χ4v) is 4.84. The number of sulfonamides is 1. The lowest BCUT2D eigenvalue weighted by Gasteiger charge is -2.20. The monoisotopic (exact) mass is 339 g/mol. The predicted molar refractivity (Wildman–Crippen MR) is 93.6 cm³/mol. The van der Waals surface area contributed by atoms with Gasteiger partial charge in [-0.3, -0.25) is 0 Å². The smallest absolute Gasteiger partial charge is 0.241 e. The number of benzene rings is 1. The van der Waals surface area contributed by atoms with Gasteiger partial charge in [0.05, 0.1) is 12.0 Å². The molecule has 4 nitrogen and oxygen atoms in total. The van der Waals surface area contributed by atoms with Crippen molar-refractivity contribution < 1.29 is 13.2 Å². The van der Waals surface area contributed by atoms with E-state index in [2.05, 4.69) is 4.72 Å². The largest absolute Gasteiger partial charge is 0.496 e. The Balaban J connectivity index is 2.33. The van der Waals surface area contributed by atoms with Crippen molar-refractivity contribution in [3.63, 3.8) is 0 Å². The van der Waals surface area contributed by atoms with E-state index in [-0.39, 0.29) is 12.0 Å². The van der Waals surface area contributed by atoms with Crippen LogP contribution in [0.1, 0.15) is 69.4 Å². The van der Waals surface area contributed by atoms with Crippen molar-refractivity contribution >= 4 is 10.0 Å². The van der Waals surface area contributed by atoms with Gasteiger partial charge >= 0.3 is 0 Å². The van der Waals surface area contributed by atoms with Crippen molar-refractivity contribution in [1.29, 1.82) is 0 Å². The van der Waals surface area contributed by atoms with Gasteiger partial charge < -0.3 is 4.74 Å². The normalized spacial score (nSPS) is 17.3. The highest BCUT2D eigenvalue weighted by Crippen LogP contribution is 2.32. The number of hydrogen-bond acceptors (Lipinski definition) is 3. The molecule has 1 fully saturated rings. The number of hydrogen-bond donors (Lipinski definition) is 1. The van der Waals surface area contributed by atoms with Gasteiger partial charge in [-0.05, 0) is 48.9 Å². The second kappa shape index (κ2) is 7.67. The van der Waals surface area contributed by atoms with Crippen LogP contribution in [-0.2, 0) is 10.0 Å². The number of ether oxygens (including phenoxy) is 1. The second-order valence-electron chi connectivity index (χ2n) is 6.82. The van der Waals surface area contributed by atoms with E-state index in [0.717, 1.165) is 42.6 Å². The summed E-state index contributed by atoms with van der Waals surface area (Å²) in [6.07, 6.45) is 6.49. The van der Waals surface area contributed by atoms with Gasteiger partial charge in [-0.2, -0.15) is 0 Å². The average Bonchev–Trinajstić information content (AvgIpc) is 2.74. The maximum atomic E-state index is 12.9. The van der Waals surface area contributed by atoms with Crippen molar-refractivity contribution in [2.75, 3.05) is 7.11 Å². The minimum atomic E-state index is -3.49. The van der Waals surface area contributed by atoms with Crippen LogP contribution in [0, 0.1) is 6.92 Å². The van der Waals surface area contributed by atoms with Crippen LogP contribution < -0.4 is 9.46 Å². The first-order valence-electron chi connectivity index (χ1n) is 8.56. The number of rotatable bonds is 5. The minimum Gasteiger partial charge on any atom is -0.496 e. The van der Waals surface area contributed by atoms with Crippen LogP contribution >= 0.6 is 0 Å². The molecule has 1 N–H and O–H groups in total. The lowest BCUT2D eigenvalue weighted by molar-refractivity contribution is 0.406. The molecule has 0 spiro atoms. The molecule has 0 saturated heterocycles. The van der Waals surface area contributed by atoms with E-state index < -0.39 is 10.0 Å². The van der Waals surface area contributed by atoms with Crippen molar-refractivity contribution in [3.8, 4) is 5.75 Å². The maximum Gasteiger partial charge on any atom is 0.241 e. The van der Waals surface area contributed by atoms with E-state index in [1.54, 1.807) is 13.2 Å². The van der Waals surface area contributed by atoms with Gasteiger partial charge in [0.15, 0.2) is 0 Å². The number of methoxy groups -OCH3 is 1. The van der Waals surface area contributed by atoms with Crippen LogP contribution in [0.15, 0.2) is 17.0 Å². The van der Waals surface area contributed by atoms with Gasteiger partial charge in [-0.15, -0.1) is 0 Å². The predicted octanol–water partition coefficient (Wildman–Crippen LogP) is 4.13. The molecule has 0 bridgehead atoms. The Morgan fingerprint density at radius 2 is 1.74 bits per heavy atom. The Labute approximate surface area is 140 Å². The molecule has 0 heterocycles. The molecule has 1 saturated carbocycles. The Bertz CT molecular complexity index is 630. The fraction of sp³-hybridized carbons (Fsp3) is 0.667. The standard InChI is InChI=1S/C18H29NO3S/c1-13(2)16-12-18(14(3)11-17(16)22-4)23(20,21)19-15-9-7-5-6-8-10-15/h11-13,15,19H,5-10H2,1-4H3. The number of aryl methyl sites for hydroxylation is 1. The second-order valence-corrected chi connectivity index (χ2v) is 8.51. The molecule has 1 aromatic rings. The van der Waals surface area contributed by atoms with Gasteiger partial charge in [0.1, 0.15) is 5.75 Å². The Morgan fingerprint density at radius 1 is 1.13 bits per heavy atom. The van der Waals surface area contributed by atoms with Crippen molar-refractivity contribution in [2.24, 2.45) is 0 Å². The topological polar surface area (TPSA) is 55.4 Å². The highest BCUT2D eigenvalue weighted by atomic mass is 32.2. The highest BCUT2D eigenvalue weighted by Gasteiger charge is 2.24. The summed E-state index contributed by atoms with van der Waals surface area (Å²) >= 11 is 0. The summed E-state index contributed by atoms with van der Waals surface area (Å²) in [6, 6.07) is 3.67. The SMILES string of the molecule is COc1cc(C)c(S(=O)(=O)NC2CCCCCC2)cc1C(C)C. The first-order chi connectivity index (χ1) is 10.8. The van der Waals surface area contributed by atoms with E-state index in [4.69, 9.17) is 4.74 Å². The summed E-state index contributed by atoms with van der Waals surface area (Å²) < 4.78 is 34.0. The molecule has 1 aliphatic carbocycles. The van der Waals surface area contributed by atoms with Gasteiger partial charge in [-0.1, -0.05) is 39.5 Å². The van der Waals surface area contributed by atoms with Crippen LogP contribution in [-0.4, -0.2) is 21.6 Å². The Kier molecular flexibility index (Phi) is 6.09. The molecular weight excluding hydrogens is 310 g/mol. The zero-order valence-electron chi connectivity index (χ0n) is 14.7. The zero-order chi connectivity index (χ0) is 17.0. The summed E-state index contributed by atoms with van der Waals surface area (Å²) in [5.41, 5.74) is 1.66. The molecule has 0 atom stereocenters. The molecule has 2 rings (SSSR count). The van der Waals surface area contributed by atoms with Gasteiger partial charge in [0, 0.05) is 6.04 Å². The Morgan fingerprint density at radius 3 is 2.26 bits per heavy atom. The summed E-state index contributed by atoms with van der Waals surface area (Å²) in [7, 11) is -1.87. The molecule has 0 amide bonds. The first kappa shape index (κ1) is 18.3. The third-order valence-corrected chi connectivity index (χ3v) is 6.28. The van der Waals surface area contributed by atoms with E-state index in [9.17, 15) is 8.42 Å². The highest BCUT2D eigenvalue weighted by molar-refractivity contribution is 7.89. The van der Waals surface area contributed by atoms with Gasteiger partial charge in [0.2, 0.25) is 10.0 Å². The quantitative estimate of drug-likeness (QED) is 0.821. The molecule has 0 aromatic heterocycles. The molecule has 0 aliphatic heterocycles. The summed E-state index contributed by atoms with van der Waals surface area (Å²) in [5.74, 6) is 0.961. The average molecular weight is 340 g/mol. The van der Waals surface area contributed by atoms with Crippen molar-refractivity contribution in [3.05, 3.63) is 23.3 Å². The van der Waals surface area contributed by atoms with Crippen LogP contribution in [0.2, 0.25) is 0 Å². The number of nitrogens with one attached hydrogen (secondary N) is 1. The Hall–Kier alpha value is -1.07. The molecule has 23 heavy (non-hydrogen) atoms. The lowest BCUT2D eigenvalue weighted by Crippen LogP contribution is -2.34. The van der Waals surface area contributed by atoms with E-state index in [1.807, 2.05) is 26.8 Å². The van der Waals surface area contributed by atoms with E-state index in [1.165, 1.54) is 12.8 Å². The van der Waals surface area contributed by atoms with Crippen LogP contribution in [0.3, 0.4) is 0 Å². The molecule has 1 aromatic carbocycles. The molecular formula is C18H29NO3S. The summed E-state index contributed by atoms with van der Waals surface area (Å²) in [4.78, 5) is 0.381. The van der Waals surface area contributed by atoms with E-state index >= 15 is 0 Å². The third kappa shape index (κ3) is 4.48. The first-order valence-corrected chi connectivity index (χ1v) is 10.0. The zero-order valence-corrected chi connectivity index (χ0v) is 15.5. The van der Waals surface area contributed by atoms with Crippen LogP contribution in [0.5, 0.6) is 5.75 Å². The van der Waals surface area contributed by atoms with Gasteiger partial charge in [0.25, 0.3) is 0 Å². The molecule has 5 heteroatoms. The molecule has 0 radical (unpaired) electrons. The van der Waals surface area contributed by atoms with Crippen molar-refractivity contribution in [1.82, 2.24) is 4.72 Å². The third-order valence-electron chi connectivity index (χ3n) is 4.62. The summed E-state index contributed by atoms with van der Waals surface area (Å²) in [6.45, 7) is 5.92. The maximum absolute atomic E-state index is 12.9. The molecule has 1 aliphatic rings. The fourth-order valence-electron chi connectivity index (χ4n) is 3.27. The van der Waals surface area contributed by atoms with E-state index in [0.29, 0.717) is 4.90 Å². The minimum absolute atomic E-state index is 0.0616. The lowest BCUT2D eigenvalue weighted by atomic mass is 10.0. The van der Waals surface area contributed by atoms with Crippen molar-refractivity contribution in [2.45, 2.75) is 76.2 Å². The van der Waals surface area contributed by atoms with Gasteiger partial charge in [-0.25, -0.2) is 13.1 Å².